The zero-order valence-electron chi connectivity index (χ0n) is 10.3. The van der Waals surface area contributed by atoms with Gasteiger partial charge in [-0.05, 0) is 36.8 Å². The van der Waals surface area contributed by atoms with Crippen molar-refractivity contribution in [3.8, 4) is 5.75 Å². The lowest BCUT2D eigenvalue weighted by atomic mass is 10.1. The first kappa shape index (κ1) is 12.2. The van der Waals surface area contributed by atoms with Crippen molar-refractivity contribution in [1.29, 1.82) is 0 Å². The van der Waals surface area contributed by atoms with E-state index >= 15 is 0 Å². The van der Waals surface area contributed by atoms with Crippen LogP contribution in [0.15, 0.2) is 52.7 Å². The summed E-state index contributed by atoms with van der Waals surface area (Å²) in [4.78, 5) is 12.2. The Morgan fingerprint density at radius 2 is 1.84 bits per heavy atom. The molecule has 3 heteroatoms. The van der Waals surface area contributed by atoms with Gasteiger partial charge in [0.1, 0.15) is 5.75 Å². The van der Waals surface area contributed by atoms with Gasteiger partial charge in [0.2, 0.25) is 5.78 Å². The molecule has 0 saturated heterocycles. The molecule has 0 atom stereocenters. The zero-order chi connectivity index (χ0) is 13.4. The fourth-order valence-electron chi connectivity index (χ4n) is 1.98. The van der Waals surface area contributed by atoms with Crippen LogP contribution in [0.4, 0.5) is 0 Å². The van der Waals surface area contributed by atoms with Gasteiger partial charge in [-0.15, -0.1) is 0 Å². The largest absolute Gasteiger partial charge is 0.452 e. The molecule has 0 radical (unpaired) electrons. The Morgan fingerprint density at radius 1 is 1.11 bits per heavy atom. The van der Waals surface area contributed by atoms with Gasteiger partial charge in [0.15, 0.2) is 5.76 Å². The molecule has 0 fully saturated rings. The van der Waals surface area contributed by atoms with Crippen molar-refractivity contribution in [2.75, 3.05) is 0 Å². The number of fused-ring (bicyclic) bond motifs is 1. The maximum atomic E-state index is 12.2. The second kappa shape index (κ2) is 4.67. The van der Waals surface area contributed by atoms with Crippen molar-refractivity contribution in [2.45, 2.75) is 6.92 Å². The summed E-state index contributed by atoms with van der Waals surface area (Å²) in [6, 6.07) is 13.4. The molecule has 19 heavy (non-hydrogen) atoms. The molecule has 0 saturated carbocycles. The summed E-state index contributed by atoms with van der Waals surface area (Å²) in [7, 11) is 0. The van der Waals surface area contributed by atoms with E-state index in [9.17, 15) is 4.79 Å². The Morgan fingerprint density at radius 3 is 2.58 bits per heavy atom. The molecule has 0 aliphatic carbocycles. The molecule has 0 bridgehead atoms. The zero-order valence-corrected chi connectivity index (χ0v) is 11.9. The summed E-state index contributed by atoms with van der Waals surface area (Å²) in [5.74, 6) is 0.917. The molecule has 1 aliphatic heterocycles. The number of allylic oxidation sites excluding steroid dienone is 1. The first-order valence-electron chi connectivity index (χ1n) is 5.94. The maximum Gasteiger partial charge on any atom is 0.232 e. The molecule has 3 rings (SSSR count). The highest BCUT2D eigenvalue weighted by atomic mass is 79.9. The predicted molar refractivity (Wildman–Crippen MR) is 78.3 cm³/mol. The normalized spacial score (nSPS) is 15.5. The molecule has 94 valence electrons. The first-order valence-corrected chi connectivity index (χ1v) is 6.73. The van der Waals surface area contributed by atoms with Crippen LogP contribution in [-0.4, -0.2) is 5.78 Å². The molecular weight excluding hydrogens is 304 g/mol. The minimum Gasteiger partial charge on any atom is -0.452 e. The number of halogens is 1. The predicted octanol–water partition coefficient (Wildman–Crippen LogP) is 4.37. The number of hydrogen-bond donors (Lipinski definition) is 0. The van der Waals surface area contributed by atoms with Gasteiger partial charge < -0.3 is 4.74 Å². The SMILES string of the molecule is Cc1ccc(/C=C2\Oc3ccc(Br)cc3C2=O)cc1. The van der Waals surface area contributed by atoms with Crippen molar-refractivity contribution < 1.29 is 9.53 Å². The highest BCUT2D eigenvalue weighted by Crippen LogP contribution is 2.33. The summed E-state index contributed by atoms with van der Waals surface area (Å²) in [5.41, 5.74) is 2.75. The number of carbonyl (C=O) groups excluding carboxylic acids is 1. The van der Waals surface area contributed by atoms with E-state index in [-0.39, 0.29) is 5.78 Å². The van der Waals surface area contributed by atoms with Crippen LogP contribution in [0.25, 0.3) is 6.08 Å². The van der Waals surface area contributed by atoms with Crippen LogP contribution in [0.5, 0.6) is 5.75 Å². The van der Waals surface area contributed by atoms with Crippen LogP contribution >= 0.6 is 15.9 Å². The lowest BCUT2D eigenvalue weighted by molar-refractivity contribution is 0.101. The van der Waals surface area contributed by atoms with Gasteiger partial charge in [0.25, 0.3) is 0 Å². The minimum absolute atomic E-state index is 0.0723. The number of carbonyl (C=O) groups is 1. The van der Waals surface area contributed by atoms with E-state index in [1.165, 1.54) is 5.56 Å². The second-order valence-corrected chi connectivity index (χ2v) is 5.41. The van der Waals surface area contributed by atoms with E-state index < -0.39 is 0 Å². The third kappa shape index (κ3) is 2.34. The van der Waals surface area contributed by atoms with Crippen molar-refractivity contribution in [2.24, 2.45) is 0 Å². The van der Waals surface area contributed by atoms with E-state index in [4.69, 9.17) is 4.74 Å². The molecule has 0 unspecified atom stereocenters. The van der Waals surface area contributed by atoms with E-state index in [0.29, 0.717) is 17.1 Å². The Kier molecular flexibility index (Phi) is 2.99. The van der Waals surface area contributed by atoms with E-state index in [1.807, 2.05) is 37.3 Å². The molecule has 1 aliphatic rings. The maximum absolute atomic E-state index is 12.2. The van der Waals surface area contributed by atoms with Gasteiger partial charge in [0.05, 0.1) is 5.56 Å². The average molecular weight is 315 g/mol. The van der Waals surface area contributed by atoms with E-state index in [2.05, 4.69) is 15.9 Å². The summed E-state index contributed by atoms with van der Waals surface area (Å²) in [5, 5.41) is 0. The number of aryl methyl sites for hydroxylation is 1. The quantitative estimate of drug-likeness (QED) is 0.730. The molecule has 0 amide bonds. The minimum atomic E-state index is -0.0723. The number of ketones is 1. The Hall–Kier alpha value is -1.87. The molecular formula is C16H11BrO2. The van der Waals surface area contributed by atoms with Crippen LogP contribution in [0.2, 0.25) is 0 Å². The monoisotopic (exact) mass is 314 g/mol. The standard InChI is InChI=1S/C16H11BrO2/c1-10-2-4-11(5-3-10)8-15-16(18)13-9-12(17)6-7-14(13)19-15/h2-9H,1H3/b15-8-. The van der Waals surface area contributed by atoms with E-state index in [0.717, 1.165) is 10.0 Å². The van der Waals surface area contributed by atoms with Gasteiger partial charge >= 0.3 is 0 Å². The molecule has 2 aromatic rings. The third-order valence-electron chi connectivity index (χ3n) is 3.01. The van der Waals surface area contributed by atoms with Crippen LogP contribution in [0.1, 0.15) is 21.5 Å². The molecule has 1 heterocycles. The van der Waals surface area contributed by atoms with Gasteiger partial charge in [0, 0.05) is 4.47 Å². The number of rotatable bonds is 1. The van der Waals surface area contributed by atoms with Crippen LogP contribution in [0.3, 0.4) is 0 Å². The number of ether oxygens (including phenoxy) is 1. The fraction of sp³-hybridized carbons (Fsp3) is 0.0625. The summed E-state index contributed by atoms with van der Waals surface area (Å²) in [6.07, 6.45) is 1.77. The highest BCUT2D eigenvalue weighted by molar-refractivity contribution is 9.10. The third-order valence-corrected chi connectivity index (χ3v) is 3.50. The van der Waals surface area contributed by atoms with Crippen LogP contribution < -0.4 is 4.74 Å². The van der Waals surface area contributed by atoms with E-state index in [1.54, 1.807) is 18.2 Å². The summed E-state index contributed by atoms with van der Waals surface area (Å²) >= 11 is 3.36. The highest BCUT2D eigenvalue weighted by Gasteiger charge is 2.27. The Bertz CT molecular complexity index is 684. The fourth-order valence-corrected chi connectivity index (χ4v) is 2.34. The topological polar surface area (TPSA) is 26.3 Å². The van der Waals surface area contributed by atoms with Crippen LogP contribution in [-0.2, 0) is 0 Å². The lowest BCUT2D eigenvalue weighted by Crippen LogP contribution is -1.98. The summed E-state index contributed by atoms with van der Waals surface area (Å²) < 4.78 is 6.47. The molecule has 2 aromatic carbocycles. The van der Waals surface area contributed by atoms with Crippen molar-refractivity contribution >= 4 is 27.8 Å². The Balaban J connectivity index is 1.97. The molecule has 0 N–H and O–H groups in total. The van der Waals surface area contributed by atoms with Crippen molar-refractivity contribution in [3.05, 3.63) is 69.4 Å². The number of benzene rings is 2. The lowest BCUT2D eigenvalue weighted by Gasteiger charge is -1.99. The first-order chi connectivity index (χ1) is 9.13. The van der Waals surface area contributed by atoms with Crippen molar-refractivity contribution in [1.82, 2.24) is 0 Å². The van der Waals surface area contributed by atoms with Crippen molar-refractivity contribution in [3.63, 3.8) is 0 Å². The number of Topliss-reactive ketones (excluding diaryl/α,β-unsaturated/α-hetero) is 1. The number of hydrogen-bond acceptors (Lipinski definition) is 2. The molecule has 0 aromatic heterocycles. The smallest absolute Gasteiger partial charge is 0.232 e. The van der Waals surface area contributed by atoms with Gasteiger partial charge in [-0.1, -0.05) is 45.8 Å². The molecule has 2 nitrogen and oxygen atoms in total. The second-order valence-electron chi connectivity index (χ2n) is 4.49. The van der Waals surface area contributed by atoms with Gasteiger partial charge in [-0.2, -0.15) is 0 Å². The van der Waals surface area contributed by atoms with Crippen LogP contribution in [0, 0.1) is 6.92 Å². The van der Waals surface area contributed by atoms with Gasteiger partial charge in [-0.3, -0.25) is 4.79 Å². The summed E-state index contributed by atoms with van der Waals surface area (Å²) in [6.45, 7) is 2.03. The average Bonchev–Trinajstić information content (AvgIpc) is 2.70. The Labute approximate surface area is 119 Å². The molecule has 0 spiro atoms. The van der Waals surface area contributed by atoms with Gasteiger partial charge in [-0.25, -0.2) is 0 Å².